The van der Waals surface area contributed by atoms with E-state index in [2.05, 4.69) is 49.6 Å². The Morgan fingerprint density at radius 1 is 0.909 bits per heavy atom. The van der Waals surface area contributed by atoms with Crippen molar-refractivity contribution < 1.29 is 4.74 Å². The number of imidazole rings is 2. The van der Waals surface area contributed by atoms with Crippen LogP contribution in [0.4, 0.5) is 0 Å². The highest BCUT2D eigenvalue weighted by Crippen LogP contribution is 2.28. The van der Waals surface area contributed by atoms with E-state index < -0.39 is 0 Å². The van der Waals surface area contributed by atoms with Crippen molar-refractivity contribution in [2.75, 3.05) is 13.1 Å². The molecule has 170 valence electrons. The van der Waals surface area contributed by atoms with E-state index in [0.717, 1.165) is 78.1 Å². The summed E-state index contributed by atoms with van der Waals surface area (Å²) in [6.45, 7) is 4.96. The van der Waals surface area contributed by atoms with Crippen molar-refractivity contribution in [1.82, 2.24) is 30.6 Å². The van der Waals surface area contributed by atoms with Crippen LogP contribution in [0.15, 0.2) is 60.9 Å². The molecule has 7 nitrogen and oxygen atoms in total. The molecule has 2 aromatic heterocycles. The van der Waals surface area contributed by atoms with Crippen LogP contribution in [0.1, 0.15) is 43.9 Å². The predicted octanol–water partition coefficient (Wildman–Crippen LogP) is 5.18. The molecule has 1 atom stereocenters. The molecule has 4 aromatic rings. The fraction of sp³-hybridized carbons (Fsp3) is 0.308. The largest absolute Gasteiger partial charge is 0.457 e. The van der Waals surface area contributed by atoms with Crippen molar-refractivity contribution in [1.29, 1.82) is 0 Å². The zero-order valence-electron chi connectivity index (χ0n) is 18.9. The van der Waals surface area contributed by atoms with Crippen LogP contribution >= 0.6 is 0 Å². The minimum Gasteiger partial charge on any atom is -0.457 e. The van der Waals surface area contributed by atoms with E-state index >= 15 is 0 Å². The first-order valence-electron chi connectivity index (χ1n) is 11.7. The number of nitrogens with zero attached hydrogens (tertiary/aromatic N) is 2. The second-order valence-corrected chi connectivity index (χ2v) is 8.40. The SMILES string of the molecule is CCCNCc1ncc(-c2ccc(Oc3ccc(-c4cnc(C5CCCN5)[nH]4)cc3)cc2)[nH]1. The average Bonchev–Trinajstić information content (AvgIpc) is 3.62. The van der Waals surface area contributed by atoms with E-state index in [4.69, 9.17) is 4.74 Å². The third-order valence-electron chi connectivity index (χ3n) is 5.90. The van der Waals surface area contributed by atoms with Crippen molar-refractivity contribution in [3.05, 3.63) is 72.6 Å². The molecule has 7 heteroatoms. The Labute approximate surface area is 194 Å². The topological polar surface area (TPSA) is 90.7 Å². The van der Waals surface area contributed by atoms with Crippen molar-refractivity contribution in [3.63, 3.8) is 0 Å². The van der Waals surface area contributed by atoms with E-state index in [-0.39, 0.29) is 0 Å². The van der Waals surface area contributed by atoms with Gasteiger partial charge in [-0.25, -0.2) is 9.97 Å². The van der Waals surface area contributed by atoms with Gasteiger partial charge in [-0.3, -0.25) is 0 Å². The second-order valence-electron chi connectivity index (χ2n) is 8.40. The molecule has 1 saturated heterocycles. The number of hydrogen-bond acceptors (Lipinski definition) is 5. The van der Waals surface area contributed by atoms with Gasteiger partial charge in [-0.2, -0.15) is 0 Å². The van der Waals surface area contributed by atoms with E-state index in [0.29, 0.717) is 6.04 Å². The zero-order valence-corrected chi connectivity index (χ0v) is 18.9. The Balaban J connectivity index is 1.20. The maximum absolute atomic E-state index is 6.05. The molecule has 2 aromatic carbocycles. The van der Waals surface area contributed by atoms with Crippen LogP contribution in [0.5, 0.6) is 11.5 Å². The lowest BCUT2D eigenvalue weighted by molar-refractivity contribution is 0.483. The first-order valence-corrected chi connectivity index (χ1v) is 11.7. The first-order chi connectivity index (χ1) is 16.3. The van der Waals surface area contributed by atoms with Gasteiger partial charge in [0.2, 0.25) is 0 Å². The molecule has 0 aliphatic carbocycles. The fourth-order valence-electron chi connectivity index (χ4n) is 4.10. The number of aromatic nitrogens is 4. The van der Waals surface area contributed by atoms with Crippen LogP contribution < -0.4 is 15.4 Å². The Morgan fingerprint density at radius 3 is 2.21 bits per heavy atom. The predicted molar refractivity (Wildman–Crippen MR) is 130 cm³/mol. The van der Waals surface area contributed by atoms with E-state index in [9.17, 15) is 0 Å². The number of H-pyrrole nitrogens is 2. The summed E-state index contributed by atoms with van der Waals surface area (Å²) in [5.74, 6) is 3.56. The molecule has 1 aliphatic heterocycles. The fourth-order valence-corrected chi connectivity index (χ4v) is 4.10. The van der Waals surface area contributed by atoms with Crippen molar-refractivity contribution in [2.45, 2.75) is 38.8 Å². The molecule has 1 unspecified atom stereocenters. The van der Waals surface area contributed by atoms with Crippen molar-refractivity contribution in [2.24, 2.45) is 0 Å². The van der Waals surface area contributed by atoms with Gasteiger partial charge in [0.05, 0.1) is 36.4 Å². The Bertz CT molecular complexity index is 1160. The minimum atomic E-state index is 0.343. The number of aromatic amines is 2. The van der Waals surface area contributed by atoms with Crippen molar-refractivity contribution >= 4 is 0 Å². The van der Waals surface area contributed by atoms with Crippen molar-refractivity contribution in [3.8, 4) is 34.0 Å². The highest BCUT2D eigenvalue weighted by atomic mass is 16.5. The van der Waals surface area contributed by atoms with Crippen LogP contribution in [0, 0.1) is 0 Å². The monoisotopic (exact) mass is 442 g/mol. The zero-order chi connectivity index (χ0) is 22.5. The minimum absolute atomic E-state index is 0.343. The van der Waals surface area contributed by atoms with Gasteiger partial charge >= 0.3 is 0 Å². The maximum Gasteiger partial charge on any atom is 0.127 e. The lowest BCUT2D eigenvalue weighted by atomic mass is 10.1. The molecular formula is C26H30N6O. The number of hydrogen-bond donors (Lipinski definition) is 4. The molecule has 1 fully saturated rings. The molecule has 3 heterocycles. The molecule has 0 bridgehead atoms. The highest BCUT2D eigenvalue weighted by molar-refractivity contribution is 5.61. The van der Waals surface area contributed by atoms with Gasteiger partial charge in [-0.1, -0.05) is 6.92 Å². The third-order valence-corrected chi connectivity index (χ3v) is 5.90. The summed E-state index contributed by atoms with van der Waals surface area (Å²) in [5, 5.41) is 6.84. The Kier molecular flexibility index (Phi) is 6.51. The molecule has 1 aliphatic rings. The molecule has 0 saturated carbocycles. The first kappa shape index (κ1) is 21.4. The molecular weight excluding hydrogens is 412 g/mol. The van der Waals surface area contributed by atoms with Gasteiger partial charge in [0.15, 0.2) is 0 Å². The summed E-state index contributed by atoms with van der Waals surface area (Å²) in [6, 6.07) is 16.5. The summed E-state index contributed by atoms with van der Waals surface area (Å²) in [4.78, 5) is 15.8. The van der Waals surface area contributed by atoms with Crippen LogP contribution in [-0.4, -0.2) is 33.0 Å². The third kappa shape index (κ3) is 5.16. The number of nitrogens with one attached hydrogen (secondary N) is 4. The summed E-state index contributed by atoms with van der Waals surface area (Å²) >= 11 is 0. The van der Waals surface area contributed by atoms with E-state index in [1.165, 1.54) is 6.42 Å². The van der Waals surface area contributed by atoms with Gasteiger partial charge in [-0.05, 0) is 92.0 Å². The summed E-state index contributed by atoms with van der Waals surface area (Å²) in [5.41, 5.74) is 4.21. The van der Waals surface area contributed by atoms with Gasteiger partial charge in [-0.15, -0.1) is 0 Å². The molecule has 4 N–H and O–H groups in total. The summed E-state index contributed by atoms with van der Waals surface area (Å²) < 4.78 is 6.05. The summed E-state index contributed by atoms with van der Waals surface area (Å²) in [7, 11) is 0. The summed E-state index contributed by atoms with van der Waals surface area (Å²) in [6.07, 6.45) is 7.23. The normalized spacial score (nSPS) is 15.7. The van der Waals surface area contributed by atoms with Crippen LogP contribution in [0.3, 0.4) is 0 Å². The Morgan fingerprint density at radius 2 is 1.58 bits per heavy atom. The van der Waals surface area contributed by atoms with Gasteiger partial charge in [0, 0.05) is 0 Å². The van der Waals surface area contributed by atoms with Gasteiger partial charge < -0.3 is 25.3 Å². The Hall–Kier alpha value is -3.42. The maximum atomic E-state index is 6.05. The second kappa shape index (κ2) is 10.0. The lowest BCUT2D eigenvalue weighted by Crippen LogP contribution is -2.14. The van der Waals surface area contributed by atoms with Gasteiger partial charge in [0.1, 0.15) is 23.1 Å². The lowest BCUT2D eigenvalue weighted by Gasteiger charge is -2.08. The number of rotatable bonds is 9. The highest BCUT2D eigenvalue weighted by Gasteiger charge is 2.19. The van der Waals surface area contributed by atoms with E-state index in [1.807, 2.05) is 48.8 Å². The van der Waals surface area contributed by atoms with Crippen LogP contribution in [-0.2, 0) is 6.54 Å². The molecule has 33 heavy (non-hydrogen) atoms. The molecule has 0 radical (unpaired) electrons. The number of ether oxygens (including phenoxy) is 1. The molecule has 0 spiro atoms. The standard InChI is InChI=1S/C26H30N6O/c1-2-13-27-17-25-29-15-23(31-25)18-5-9-20(10-6-18)33-21-11-7-19(8-12-21)24-16-30-26(32-24)22-4-3-14-28-22/h5-12,15-16,22,27-28H,2-4,13-14,17H2,1H3,(H,29,31)(H,30,32). The number of benzene rings is 2. The average molecular weight is 443 g/mol. The molecule has 0 amide bonds. The smallest absolute Gasteiger partial charge is 0.127 e. The van der Waals surface area contributed by atoms with Crippen LogP contribution in [0.25, 0.3) is 22.5 Å². The quantitative estimate of drug-likeness (QED) is 0.268. The van der Waals surface area contributed by atoms with E-state index in [1.54, 1.807) is 0 Å². The van der Waals surface area contributed by atoms with Gasteiger partial charge in [0.25, 0.3) is 0 Å². The van der Waals surface area contributed by atoms with Crippen LogP contribution in [0.2, 0.25) is 0 Å². The molecule has 5 rings (SSSR count).